The highest BCUT2D eigenvalue weighted by molar-refractivity contribution is 4.39. The summed E-state index contributed by atoms with van der Waals surface area (Å²) in [6, 6.07) is 0. The third-order valence-corrected chi connectivity index (χ3v) is 0.781. The summed E-state index contributed by atoms with van der Waals surface area (Å²) >= 11 is 0. The number of nitrogens with zero attached hydrogens (tertiary/aromatic N) is 1. The van der Waals surface area contributed by atoms with Crippen molar-refractivity contribution in [1.29, 1.82) is 0 Å². The van der Waals surface area contributed by atoms with E-state index >= 15 is 0 Å². The van der Waals surface area contributed by atoms with Crippen molar-refractivity contribution in [2.75, 3.05) is 13.7 Å². The maximum absolute atomic E-state index is 4.82. The quantitative estimate of drug-likeness (QED) is 0.512. The van der Waals surface area contributed by atoms with Gasteiger partial charge < -0.3 is 4.74 Å². The fourth-order valence-electron chi connectivity index (χ4n) is 0.332. The molecule has 0 aromatic rings. The molecule has 0 heterocycles. The van der Waals surface area contributed by atoms with Crippen LogP contribution in [0.15, 0.2) is 0 Å². The molecule has 2 nitrogen and oxygen atoms in total. The lowest BCUT2D eigenvalue weighted by Crippen LogP contribution is -2.19. The van der Waals surface area contributed by atoms with Gasteiger partial charge in [0.2, 0.25) is 0 Å². The molecule has 0 N–H and O–H groups in total. The van der Waals surface area contributed by atoms with Gasteiger partial charge in [0.1, 0.15) is 6.23 Å². The van der Waals surface area contributed by atoms with Crippen molar-refractivity contribution >= 4 is 0 Å². The lowest BCUT2D eigenvalue weighted by Gasteiger charge is -2.05. The van der Waals surface area contributed by atoms with Crippen LogP contribution in [-0.4, -0.2) is 19.9 Å². The van der Waals surface area contributed by atoms with E-state index in [2.05, 4.69) is 5.32 Å². The molecule has 2 heteroatoms. The highest BCUT2D eigenvalue weighted by atomic mass is 16.5. The molecule has 43 valence electrons. The zero-order valence-electron chi connectivity index (χ0n) is 5.14. The van der Waals surface area contributed by atoms with Crippen molar-refractivity contribution in [2.24, 2.45) is 0 Å². The van der Waals surface area contributed by atoms with Crippen LogP contribution in [0.3, 0.4) is 0 Å². The molecular weight excluding hydrogens is 90.1 g/mol. The molecule has 0 saturated heterocycles. The molecule has 0 fully saturated rings. The lowest BCUT2D eigenvalue weighted by atomic mass is 10.6. The van der Waals surface area contributed by atoms with Crippen molar-refractivity contribution in [1.82, 2.24) is 5.32 Å². The second-order valence-corrected chi connectivity index (χ2v) is 1.33. The van der Waals surface area contributed by atoms with Gasteiger partial charge >= 0.3 is 0 Å². The minimum Gasteiger partial charge on any atom is -0.365 e. The van der Waals surface area contributed by atoms with Gasteiger partial charge in [0.15, 0.2) is 0 Å². The maximum Gasteiger partial charge on any atom is 0.120 e. The van der Waals surface area contributed by atoms with Gasteiger partial charge in [-0.2, -0.15) is 0 Å². The van der Waals surface area contributed by atoms with Crippen LogP contribution < -0.4 is 5.32 Å². The van der Waals surface area contributed by atoms with Crippen LogP contribution in [0, 0.1) is 0 Å². The largest absolute Gasteiger partial charge is 0.365 e. The molecular formula is C5H12NO. The van der Waals surface area contributed by atoms with E-state index in [9.17, 15) is 0 Å². The Labute approximate surface area is 44.9 Å². The number of methoxy groups -OCH3 is 1. The van der Waals surface area contributed by atoms with Crippen molar-refractivity contribution in [2.45, 2.75) is 20.1 Å². The van der Waals surface area contributed by atoms with Crippen LogP contribution in [0.4, 0.5) is 0 Å². The first-order chi connectivity index (χ1) is 3.31. The van der Waals surface area contributed by atoms with E-state index < -0.39 is 0 Å². The van der Waals surface area contributed by atoms with Crippen molar-refractivity contribution in [3.8, 4) is 0 Å². The summed E-state index contributed by atoms with van der Waals surface area (Å²) < 4.78 is 4.82. The Morgan fingerprint density at radius 2 is 2.29 bits per heavy atom. The van der Waals surface area contributed by atoms with Crippen LogP contribution in [-0.2, 0) is 4.74 Å². The molecule has 0 amide bonds. The van der Waals surface area contributed by atoms with E-state index in [0.717, 1.165) is 6.54 Å². The molecule has 1 atom stereocenters. The van der Waals surface area contributed by atoms with Crippen LogP contribution in [0.2, 0.25) is 0 Å². The standard InChI is InChI=1S/C5H12NO/c1-4-6-5(2)7-3/h5H,4H2,1-3H3. The average molecular weight is 102 g/mol. The van der Waals surface area contributed by atoms with Crippen LogP contribution in [0.1, 0.15) is 13.8 Å². The molecule has 0 rings (SSSR count). The van der Waals surface area contributed by atoms with Gasteiger partial charge in [-0.1, -0.05) is 6.92 Å². The molecule has 0 aromatic heterocycles. The first kappa shape index (κ1) is 6.92. The summed E-state index contributed by atoms with van der Waals surface area (Å²) in [5.41, 5.74) is 0. The predicted molar refractivity (Wildman–Crippen MR) is 29.1 cm³/mol. The number of hydrogen-bond acceptors (Lipinski definition) is 1. The zero-order valence-corrected chi connectivity index (χ0v) is 5.14. The summed E-state index contributed by atoms with van der Waals surface area (Å²) in [6.45, 7) is 4.76. The number of ether oxygens (including phenoxy) is 1. The van der Waals surface area contributed by atoms with Crippen LogP contribution in [0.5, 0.6) is 0 Å². The Hall–Kier alpha value is -0.0800. The SMILES string of the molecule is CC[N]C(C)OC. The Bertz CT molecular complexity index is 39.1. The maximum atomic E-state index is 4.82. The van der Waals surface area contributed by atoms with E-state index in [0.29, 0.717) is 0 Å². The summed E-state index contributed by atoms with van der Waals surface area (Å²) in [7, 11) is 1.66. The highest BCUT2D eigenvalue weighted by Crippen LogP contribution is 1.79. The molecule has 0 aliphatic heterocycles. The van der Waals surface area contributed by atoms with Gasteiger partial charge in [-0.05, 0) is 6.92 Å². The molecule has 0 aliphatic rings. The Morgan fingerprint density at radius 3 is 2.43 bits per heavy atom. The van der Waals surface area contributed by atoms with E-state index in [1.54, 1.807) is 7.11 Å². The predicted octanol–water partition coefficient (Wildman–Crippen LogP) is 0.603. The van der Waals surface area contributed by atoms with Crippen molar-refractivity contribution in [3.05, 3.63) is 0 Å². The molecule has 0 spiro atoms. The van der Waals surface area contributed by atoms with Gasteiger partial charge in [-0.15, -0.1) is 0 Å². The molecule has 0 aliphatic carbocycles. The third-order valence-electron chi connectivity index (χ3n) is 0.781. The topological polar surface area (TPSA) is 23.3 Å². The lowest BCUT2D eigenvalue weighted by molar-refractivity contribution is 0.0880. The second-order valence-electron chi connectivity index (χ2n) is 1.33. The summed E-state index contributed by atoms with van der Waals surface area (Å²) in [6.07, 6.45) is 0.0741. The Morgan fingerprint density at radius 1 is 1.71 bits per heavy atom. The fraction of sp³-hybridized carbons (Fsp3) is 1.00. The summed E-state index contributed by atoms with van der Waals surface area (Å²) in [5.74, 6) is 0. The van der Waals surface area contributed by atoms with Gasteiger partial charge in [0.25, 0.3) is 0 Å². The average Bonchev–Trinajstić information content (AvgIpc) is 1.68. The molecule has 0 saturated carbocycles. The normalized spacial score (nSPS) is 14.1. The first-order valence-electron chi connectivity index (χ1n) is 2.50. The molecule has 1 unspecified atom stereocenters. The zero-order chi connectivity index (χ0) is 5.70. The minimum atomic E-state index is 0.0741. The summed E-state index contributed by atoms with van der Waals surface area (Å²) in [5, 5.41) is 4.02. The van der Waals surface area contributed by atoms with E-state index in [1.165, 1.54) is 0 Å². The Balaban J connectivity index is 2.83. The number of rotatable bonds is 3. The van der Waals surface area contributed by atoms with Gasteiger partial charge in [-0.3, -0.25) is 0 Å². The third kappa shape index (κ3) is 3.76. The van der Waals surface area contributed by atoms with Crippen LogP contribution in [0.25, 0.3) is 0 Å². The molecule has 7 heavy (non-hydrogen) atoms. The van der Waals surface area contributed by atoms with Crippen LogP contribution >= 0.6 is 0 Å². The minimum absolute atomic E-state index is 0.0741. The Kier molecular flexibility index (Phi) is 4.04. The molecule has 1 radical (unpaired) electrons. The fourth-order valence-corrected chi connectivity index (χ4v) is 0.332. The highest BCUT2D eigenvalue weighted by Gasteiger charge is 1.92. The second kappa shape index (κ2) is 4.09. The van der Waals surface area contributed by atoms with Crippen molar-refractivity contribution in [3.63, 3.8) is 0 Å². The smallest absolute Gasteiger partial charge is 0.120 e. The number of hydrogen-bond donors (Lipinski definition) is 0. The monoisotopic (exact) mass is 102 g/mol. The van der Waals surface area contributed by atoms with Crippen molar-refractivity contribution < 1.29 is 4.74 Å². The summed E-state index contributed by atoms with van der Waals surface area (Å²) in [4.78, 5) is 0. The van der Waals surface area contributed by atoms with E-state index in [1.807, 2.05) is 13.8 Å². The van der Waals surface area contributed by atoms with Gasteiger partial charge in [-0.25, -0.2) is 5.32 Å². The van der Waals surface area contributed by atoms with Gasteiger partial charge in [0.05, 0.1) is 0 Å². The first-order valence-corrected chi connectivity index (χ1v) is 2.50. The molecule has 0 aromatic carbocycles. The van der Waals surface area contributed by atoms with Gasteiger partial charge in [0, 0.05) is 13.7 Å². The molecule has 0 bridgehead atoms. The van der Waals surface area contributed by atoms with E-state index in [-0.39, 0.29) is 6.23 Å². The van der Waals surface area contributed by atoms with E-state index in [4.69, 9.17) is 4.74 Å².